The molecule has 0 radical (unpaired) electrons. The minimum Gasteiger partial charge on any atom is -0.393 e. The zero-order chi connectivity index (χ0) is 12.5. The average molecular weight is 242 g/mol. The summed E-state index contributed by atoms with van der Waals surface area (Å²) in [5.41, 5.74) is 0.331. The molecular weight excluding hydrogens is 229 g/mol. The average Bonchev–Trinajstić information content (AvgIpc) is 2.29. The third kappa shape index (κ3) is 2.69. The molecule has 4 heteroatoms. The molecule has 0 heterocycles. The van der Waals surface area contributed by atoms with E-state index in [1.54, 1.807) is 12.1 Å². The Morgan fingerprint density at radius 2 is 1.88 bits per heavy atom. The van der Waals surface area contributed by atoms with Gasteiger partial charge in [0.15, 0.2) is 0 Å². The number of alkyl halides is 3. The van der Waals surface area contributed by atoms with Crippen molar-refractivity contribution in [1.29, 1.82) is 0 Å². The molecule has 92 valence electrons. The summed E-state index contributed by atoms with van der Waals surface area (Å²) >= 11 is 0. The van der Waals surface area contributed by atoms with Crippen molar-refractivity contribution in [3.05, 3.63) is 41.5 Å². The standard InChI is InChI=1S/C13H13F3O/c14-13(15,16)12-4-2-1-3-11(12)9-5-7-10(17)8-6-9/h1-5,10,17H,6-8H2. The molecule has 1 aromatic rings. The number of benzene rings is 1. The van der Waals surface area contributed by atoms with Crippen LogP contribution >= 0.6 is 0 Å². The zero-order valence-electron chi connectivity index (χ0n) is 9.17. The predicted molar refractivity (Wildman–Crippen MR) is 59.3 cm³/mol. The van der Waals surface area contributed by atoms with E-state index >= 15 is 0 Å². The first kappa shape index (κ1) is 12.2. The van der Waals surface area contributed by atoms with Crippen LogP contribution in [-0.2, 0) is 6.18 Å². The van der Waals surface area contributed by atoms with Gasteiger partial charge in [-0.15, -0.1) is 0 Å². The van der Waals surface area contributed by atoms with Gasteiger partial charge in [-0.2, -0.15) is 13.2 Å². The number of hydrogen-bond donors (Lipinski definition) is 1. The van der Waals surface area contributed by atoms with Crippen molar-refractivity contribution in [2.24, 2.45) is 0 Å². The first-order valence-corrected chi connectivity index (χ1v) is 5.52. The van der Waals surface area contributed by atoms with E-state index in [1.807, 2.05) is 0 Å². The molecule has 1 atom stereocenters. The number of allylic oxidation sites excluding steroid dienone is 1. The van der Waals surface area contributed by atoms with E-state index in [4.69, 9.17) is 0 Å². The summed E-state index contributed by atoms with van der Waals surface area (Å²) in [7, 11) is 0. The summed E-state index contributed by atoms with van der Waals surface area (Å²) in [6.07, 6.45) is -1.59. The van der Waals surface area contributed by atoms with Crippen LogP contribution < -0.4 is 0 Å². The van der Waals surface area contributed by atoms with Gasteiger partial charge in [0.1, 0.15) is 0 Å². The van der Waals surface area contributed by atoms with E-state index in [0.29, 0.717) is 24.8 Å². The Hall–Kier alpha value is -1.29. The van der Waals surface area contributed by atoms with Gasteiger partial charge in [-0.25, -0.2) is 0 Å². The summed E-state index contributed by atoms with van der Waals surface area (Å²) in [6, 6.07) is 5.59. The van der Waals surface area contributed by atoms with E-state index in [9.17, 15) is 18.3 Å². The smallest absolute Gasteiger partial charge is 0.393 e. The second-order valence-corrected chi connectivity index (χ2v) is 4.20. The molecule has 2 rings (SSSR count). The molecule has 0 spiro atoms. The fraction of sp³-hybridized carbons (Fsp3) is 0.385. The second-order valence-electron chi connectivity index (χ2n) is 4.20. The predicted octanol–water partition coefficient (Wildman–Crippen LogP) is 3.63. The molecule has 0 amide bonds. The van der Waals surface area contributed by atoms with Crippen molar-refractivity contribution in [3.8, 4) is 0 Å². The third-order valence-electron chi connectivity index (χ3n) is 2.96. The molecule has 0 saturated carbocycles. The van der Waals surface area contributed by atoms with Gasteiger partial charge >= 0.3 is 6.18 Å². The van der Waals surface area contributed by atoms with Crippen LogP contribution in [0.3, 0.4) is 0 Å². The summed E-state index contributed by atoms with van der Waals surface area (Å²) < 4.78 is 38.4. The number of aliphatic hydroxyl groups is 1. The molecule has 1 unspecified atom stereocenters. The minimum absolute atomic E-state index is 0.243. The number of halogens is 3. The van der Waals surface area contributed by atoms with Gasteiger partial charge in [0.2, 0.25) is 0 Å². The van der Waals surface area contributed by atoms with Crippen LogP contribution in [0.5, 0.6) is 0 Å². The van der Waals surface area contributed by atoms with E-state index in [2.05, 4.69) is 0 Å². The highest BCUT2D eigenvalue weighted by molar-refractivity contribution is 5.69. The lowest BCUT2D eigenvalue weighted by atomic mass is 9.89. The second kappa shape index (κ2) is 4.53. The van der Waals surface area contributed by atoms with E-state index in [-0.39, 0.29) is 5.56 Å². The Kier molecular flexibility index (Phi) is 3.24. The van der Waals surface area contributed by atoms with Crippen LogP contribution in [0.15, 0.2) is 30.3 Å². The highest BCUT2D eigenvalue weighted by Crippen LogP contribution is 2.37. The Morgan fingerprint density at radius 3 is 2.47 bits per heavy atom. The first-order valence-electron chi connectivity index (χ1n) is 5.52. The van der Waals surface area contributed by atoms with Gasteiger partial charge in [0.25, 0.3) is 0 Å². The van der Waals surface area contributed by atoms with Crippen LogP contribution in [0.2, 0.25) is 0 Å². The SMILES string of the molecule is OC1CC=C(c2ccccc2C(F)(F)F)CC1. The molecule has 0 fully saturated rings. The van der Waals surface area contributed by atoms with Gasteiger partial charge in [-0.1, -0.05) is 24.3 Å². The first-order chi connectivity index (χ1) is 7.98. The molecule has 0 saturated heterocycles. The van der Waals surface area contributed by atoms with Crippen LogP contribution in [0.1, 0.15) is 30.4 Å². The van der Waals surface area contributed by atoms with Crippen molar-refractivity contribution >= 4 is 5.57 Å². The maximum atomic E-state index is 12.8. The quantitative estimate of drug-likeness (QED) is 0.797. The topological polar surface area (TPSA) is 20.2 Å². The van der Waals surface area contributed by atoms with E-state index in [1.165, 1.54) is 12.1 Å². The molecule has 1 nitrogen and oxygen atoms in total. The highest BCUT2D eigenvalue weighted by Gasteiger charge is 2.33. The van der Waals surface area contributed by atoms with Gasteiger partial charge < -0.3 is 5.11 Å². The fourth-order valence-corrected chi connectivity index (χ4v) is 2.08. The lowest BCUT2D eigenvalue weighted by Gasteiger charge is -2.20. The van der Waals surface area contributed by atoms with Crippen molar-refractivity contribution in [1.82, 2.24) is 0 Å². The molecule has 0 aliphatic heterocycles. The van der Waals surface area contributed by atoms with Crippen molar-refractivity contribution in [3.63, 3.8) is 0 Å². The molecule has 17 heavy (non-hydrogen) atoms. The third-order valence-corrected chi connectivity index (χ3v) is 2.96. The van der Waals surface area contributed by atoms with Crippen molar-refractivity contribution < 1.29 is 18.3 Å². The minimum atomic E-state index is -4.33. The van der Waals surface area contributed by atoms with Gasteiger partial charge in [-0.3, -0.25) is 0 Å². The van der Waals surface area contributed by atoms with Crippen LogP contribution in [0, 0.1) is 0 Å². The number of aliphatic hydroxyl groups excluding tert-OH is 1. The molecule has 1 aromatic carbocycles. The maximum absolute atomic E-state index is 12.8. The Morgan fingerprint density at radius 1 is 1.18 bits per heavy atom. The lowest BCUT2D eigenvalue weighted by Crippen LogP contribution is -2.13. The number of hydrogen-bond acceptors (Lipinski definition) is 1. The largest absolute Gasteiger partial charge is 0.416 e. The normalized spacial score (nSPS) is 21.2. The van der Waals surface area contributed by atoms with Crippen LogP contribution in [0.4, 0.5) is 13.2 Å². The summed E-state index contributed by atoms with van der Waals surface area (Å²) in [5, 5.41) is 9.34. The zero-order valence-corrected chi connectivity index (χ0v) is 9.17. The van der Waals surface area contributed by atoms with E-state index < -0.39 is 17.8 Å². The highest BCUT2D eigenvalue weighted by atomic mass is 19.4. The summed E-state index contributed by atoms with van der Waals surface area (Å²) in [5.74, 6) is 0. The summed E-state index contributed by atoms with van der Waals surface area (Å²) in [4.78, 5) is 0. The van der Waals surface area contributed by atoms with Crippen LogP contribution in [0.25, 0.3) is 5.57 Å². The van der Waals surface area contributed by atoms with Crippen molar-refractivity contribution in [2.75, 3.05) is 0 Å². The van der Waals surface area contributed by atoms with E-state index in [0.717, 1.165) is 6.07 Å². The van der Waals surface area contributed by atoms with Crippen LogP contribution in [-0.4, -0.2) is 11.2 Å². The Bertz CT molecular complexity index is 435. The monoisotopic (exact) mass is 242 g/mol. The molecule has 0 aromatic heterocycles. The van der Waals surface area contributed by atoms with Gasteiger partial charge in [-0.05, 0) is 36.5 Å². The molecule has 0 bridgehead atoms. The lowest BCUT2D eigenvalue weighted by molar-refractivity contribution is -0.137. The Balaban J connectivity index is 2.39. The fourth-order valence-electron chi connectivity index (χ4n) is 2.08. The van der Waals surface area contributed by atoms with Gasteiger partial charge in [0, 0.05) is 0 Å². The number of rotatable bonds is 1. The molecular formula is C13H13F3O. The maximum Gasteiger partial charge on any atom is 0.416 e. The molecule has 1 aliphatic rings. The molecule has 1 aliphatic carbocycles. The van der Waals surface area contributed by atoms with Gasteiger partial charge in [0.05, 0.1) is 11.7 Å². The summed E-state index contributed by atoms with van der Waals surface area (Å²) in [6.45, 7) is 0. The Labute approximate surface area is 97.6 Å². The molecule has 1 N–H and O–H groups in total. The van der Waals surface area contributed by atoms with Crippen molar-refractivity contribution in [2.45, 2.75) is 31.5 Å².